The van der Waals surface area contributed by atoms with Crippen molar-refractivity contribution in [2.45, 2.75) is 13.0 Å². The highest BCUT2D eigenvalue weighted by molar-refractivity contribution is 7.10. The van der Waals surface area contributed by atoms with E-state index in [1.807, 2.05) is 41.8 Å². The number of hydrogen-bond acceptors (Lipinski definition) is 5. The van der Waals surface area contributed by atoms with Crippen LogP contribution in [0.1, 0.15) is 23.5 Å². The number of carbonyl (C=O) groups excluding carboxylic acids is 1. The molecule has 1 unspecified atom stereocenters. The maximum absolute atomic E-state index is 11.0. The van der Waals surface area contributed by atoms with Crippen molar-refractivity contribution in [2.24, 2.45) is 5.73 Å². The summed E-state index contributed by atoms with van der Waals surface area (Å²) < 4.78 is 0. The number of aromatic nitrogens is 2. The van der Waals surface area contributed by atoms with Crippen LogP contribution in [0, 0.1) is 0 Å². The highest BCUT2D eigenvalue weighted by atomic mass is 32.1. The Morgan fingerprint density at radius 3 is 2.52 bits per heavy atom. The summed E-state index contributed by atoms with van der Waals surface area (Å²) in [5.41, 5.74) is 9.88. The van der Waals surface area contributed by atoms with Gasteiger partial charge in [0.2, 0.25) is 5.91 Å². The summed E-state index contributed by atoms with van der Waals surface area (Å²) in [7, 11) is 0. The lowest BCUT2D eigenvalue weighted by molar-refractivity contribution is -0.114. The van der Waals surface area contributed by atoms with Gasteiger partial charge >= 0.3 is 0 Å². The number of amides is 1. The third-order valence-corrected chi connectivity index (χ3v) is 4.28. The third kappa shape index (κ3) is 3.61. The molecule has 2 aromatic heterocycles. The maximum atomic E-state index is 11.0. The highest BCUT2D eigenvalue weighted by Crippen LogP contribution is 2.28. The van der Waals surface area contributed by atoms with Crippen molar-refractivity contribution in [2.75, 3.05) is 5.32 Å². The van der Waals surface area contributed by atoms with Gasteiger partial charge in [0.05, 0.1) is 11.7 Å². The van der Waals surface area contributed by atoms with Crippen LogP contribution in [0.15, 0.2) is 54.2 Å². The maximum Gasteiger partial charge on any atom is 0.221 e. The molecule has 0 saturated carbocycles. The van der Waals surface area contributed by atoms with Gasteiger partial charge in [-0.2, -0.15) is 0 Å². The van der Waals surface area contributed by atoms with Crippen molar-refractivity contribution in [3.8, 4) is 11.3 Å². The molecule has 0 spiro atoms. The number of rotatable bonds is 4. The standard InChI is InChI=1S/C17H16N4OS/c1-11(22)20-14-4-2-12(3-5-14)15-10-23-17(21-15)16(18)13-6-8-19-9-7-13/h2-10,16H,18H2,1H3,(H,20,22). The number of nitrogens with two attached hydrogens (primary N) is 1. The number of hydrogen-bond donors (Lipinski definition) is 2. The van der Waals surface area contributed by atoms with Crippen LogP contribution in [-0.2, 0) is 4.79 Å². The molecule has 3 aromatic rings. The van der Waals surface area contributed by atoms with Crippen molar-refractivity contribution in [1.29, 1.82) is 0 Å². The van der Waals surface area contributed by atoms with E-state index in [9.17, 15) is 4.79 Å². The summed E-state index contributed by atoms with van der Waals surface area (Å²) in [6, 6.07) is 11.1. The van der Waals surface area contributed by atoms with Crippen LogP contribution in [-0.4, -0.2) is 15.9 Å². The second kappa shape index (κ2) is 6.68. The van der Waals surface area contributed by atoms with Gasteiger partial charge in [-0.1, -0.05) is 12.1 Å². The molecule has 3 N–H and O–H groups in total. The minimum atomic E-state index is -0.254. The Labute approximate surface area is 138 Å². The fourth-order valence-corrected chi connectivity index (χ4v) is 3.06. The first kappa shape index (κ1) is 15.3. The molecule has 2 heterocycles. The minimum absolute atomic E-state index is 0.0861. The van der Waals surface area contributed by atoms with Gasteiger partial charge in [-0.25, -0.2) is 4.98 Å². The predicted molar refractivity (Wildman–Crippen MR) is 92.1 cm³/mol. The van der Waals surface area contributed by atoms with Gasteiger partial charge in [0.15, 0.2) is 0 Å². The summed E-state index contributed by atoms with van der Waals surface area (Å²) in [5.74, 6) is -0.0861. The van der Waals surface area contributed by atoms with Crippen LogP contribution >= 0.6 is 11.3 Å². The van der Waals surface area contributed by atoms with E-state index in [0.29, 0.717) is 0 Å². The second-order valence-corrected chi connectivity index (χ2v) is 5.98. The zero-order valence-electron chi connectivity index (χ0n) is 12.6. The molecule has 0 aliphatic carbocycles. The van der Waals surface area contributed by atoms with E-state index in [0.717, 1.165) is 27.5 Å². The number of nitrogens with zero attached hydrogens (tertiary/aromatic N) is 2. The Morgan fingerprint density at radius 2 is 1.87 bits per heavy atom. The van der Waals surface area contributed by atoms with Gasteiger partial charge in [-0.3, -0.25) is 9.78 Å². The Morgan fingerprint density at radius 1 is 1.17 bits per heavy atom. The van der Waals surface area contributed by atoms with Crippen LogP contribution in [0.2, 0.25) is 0 Å². The summed E-state index contributed by atoms with van der Waals surface area (Å²) in [6.07, 6.45) is 3.45. The summed E-state index contributed by atoms with van der Waals surface area (Å²) in [5, 5.41) is 5.59. The van der Waals surface area contributed by atoms with Gasteiger partial charge in [0, 0.05) is 35.9 Å². The monoisotopic (exact) mass is 324 g/mol. The van der Waals surface area contributed by atoms with E-state index in [1.165, 1.54) is 18.3 Å². The van der Waals surface area contributed by atoms with Crippen molar-refractivity contribution < 1.29 is 4.79 Å². The minimum Gasteiger partial charge on any atom is -0.326 e. The van der Waals surface area contributed by atoms with Gasteiger partial charge in [0.25, 0.3) is 0 Å². The normalized spacial score (nSPS) is 11.9. The van der Waals surface area contributed by atoms with E-state index in [4.69, 9.17) is 5.73 Å². The summed E-state index contributed by atoms with van der Waals surface area (Å²) in [4.78, 5) is 19.7. The fraction of sp³-hybridized carbons (Fsp3) is 0.118. The Hall–Kier alpha value is -2.57. The molecule has 6 heteroatoms. The Bertz CT molecular complexity index is 799. The van der Waals surface area contributed by atoms with Crippen molar-refractivity contribution in [3.63, 3.8) is 0 Å². The molecule has 0 aliphatic rings. The van der Waals surface area contributed by atoms with Crippen molar-refractivity contribution in [1.82, 2.24) is 9.97 Å². The topological polar surface area (TPSA) is 80.9 Å². The SMILES string of the molecule is CC(=O)Nc1ccc(-c2csc(C(N)c3ccncc3)n2)cc1. The zero-order chi connectivity index (χ0) is 16.2. The van der Waals surface area contributed by atoms with Crippen LogP contribution < -0.4 is 11.1 Å². The lowest BCUT2D eigenvalue weighted by atomic mass is 10.1. The molecule has 0 saturated heterocycles. The first-order chi connectivity index (χ1) is 11.1. The average Bonchev–Trinajstić information content (AvgIpc) is 3.05. The molecule has 0 bridgehead atoms. The largest absolute Gasteiger partial charge is 0.326 e. The van der Waals surface area contributed by atoms with Crippen LogP contribution in [0.25, 0.3) is 11.3 Å². The number of pyridine rings is 1. The molecule has 1 atom stereocenters. The summed E-state index contributed by atoms with van der Waals surface area (Å²) >= 11 is 1.54. The highest BCUT2D eigenvalue weighted by Gasteiger charge is 2.14. The number of nitrogens with one attached hydrogen (secondary N) is 1. The zero-order valence-corrected chi connectivity index (χ0v) is 13.4. The van der Waals surface area contributed by atoms with E-state index in [2.05, 4.69) is 15.3 Å². The second-order valence-electron chi connectivity index (χ2n) is 5.09. The molecule has 116 valence electrons. The molecule has 3 rings (SSSR count). The number of thiazole rings is 1. The van der Waals surface area contributed by atoms with E-state index >= 15 is 0 Å². The Balaban J connectivity index is 1.80. The Kier molecular flexibility index (Phi) is 4.45. The van der Waals surface area contributed by atoms with E-state index in [-0.39, 0.29) is 11.9 Å². The number of anilines is 1. The molecule has 1 aromatic carbocycles. The van der Waals surface area contributed by atoms with Gasteiger partial charge < -0.3 is 11.1 Å². The molecular formula is C17H16N4OS. The molecular weight excluding hydrogens is 308 g/mol. The van der Waals surface area contributed by atoms with Crippen LogP contribution in [0.5, 0.6) is 0 Å². The molecule has 5 nitrogen and oxygen atoms in total. The van der Waals surface area contributed by atoms with E-state index < -0.39 is 0 Å². The number of carbonyl (C=O) groups is 1. The average molecular weight is 324 g/mol. The quantitative estimate of drug-likeness (QED) is 0.772. The first-order valence-electron chi connectivity index (χ1n) is 7.12. The fourth-order valence-electron chi connectivity index (χ4n) is 2.20. The lowest BCUT2D eigenvalue weighted by Crippen LogP contribution is -2.11. The lowest BCUT2D eigenvalue weighted by Gasteiger charge is -2.07. The molecule has 23 heavy (non-hydrogen) atoms. The molecule has 0 fully saturated rings. The third-order valence-electron chi connectivity index (χ3n) is 3.35. The smallest absolute Gasteiger partial charge is 0.221 e. The van der Waals surface area contributed by atoms with Gasteiger partial charge in [-0.05, 0) is 29.8 Å². The molecule has 0 aliphatic heterocycles. The first-order valence-corrected chi connectivity index (χ1v) is 8.00. The predicted octanol–water partition coefficient (Wildman–Crippen LogP) is 3.21. The van der Waals surface area contributed by atoms with Gasteiger partial charge in [0.1, 0.15) is 5.01 Å². The van der Waals surface area contributed by atoms with Crippen molar-refractivity contribution in [3.05, 3.63) is 64.7 Å². The molecule has 0 radical (unpaired) electrons. The summed E-state index contributed by atoms with van der Waals surface area (Å²) in [6.45, 7) is 1.49. The number of benzene rings is 1. The molecule has 1 amide bonds. The van der Waals surface area contributed by atoms with Gasteiger partial charge in [-0.15, -0.1) is 11.3 Å². The van der Waals surface area contributed by atoms with Crippen molar-refractivity contribution >= 4 is 22.9 Å². The van der Waals surface area contributed by atoms with E-state index in [1.54, 1.807) is 12.4 Å². The van der Waals surface area contributed by atoms with Crippen LogP contribution in [0.3, 0.4) is 0 Å². The van der Waals surface area contributed by atoms with Crippen LogP contribution in [0.4, 0.5) is 5.69 Å².